The van der Waals surface area contributed by atoms with Gasteiger partial charge < -0.3 is 0 Å². The molecule has 1 aromatic carbocycles. The number of rotatable bonds is 2. The van der Waals surface area contributed by atoms with Crippen molar-refractivity contribution in [3.63, 3.8) is 0 Å². The van der Waals surface area contributed by atoms with Crippen LogP contribution in [0.4, 0.5) is 0 Å². The summed E-state index contributed by atoms with van der Waals surface area (Å²) in [6.07, 6.45) is 3.42. The van der Waals surface area contributed by atoms with Gasteiger partial charge in [-0.3, -0.25) is 4.68 Å². The highest BCUT2D eigenvalue weighted by Crippen LogP contribution is 2.29. The maximum absolute atomic E-state index is 4.69. The lowest BCUT2D eigenvalue weighted by Crippen LogP contribution is -1.98. The van der Waals surface area contributed by atoms with E-state index in [1.165, 1.54) is 0 Å². The summed E-state index contributed by atoms with van der Waals surface area (Å²) in [5.41, 5.74) is 4.10. The van der Waals surface area contributed by atoms with E-state index in [4.69, 9.17) is 0 Å². The summed E-state index contributed by atoms with van der Waals surface area (Å²) in [4.78, 5) is 9.21. The maximum Gasteiger partial charge on any atom is 0.203 e. The van der Waals surface area contributed by atoms with Gasteiger partial charge in [0.25, 0.3) is 0 Å². The number of halogens is 1. The number of fused-ring (bicyclic) bond motifs is 3. The third-order valence-corrected chi connectivity index (χ3v) is 5.33. The molecule has 0 radical (unpaired) electrons. The lowest BCUT2D eigenvalue weighted by atomic mass is 10.3. The van der Waals surface area contributed by atoms with Gasteiger partial charge in [0.15, 0.2) is 11.3 Å². The first-order valence-corrected chi connectivity index (χ1v) is 8.77. The molecule has 0 bridgehead atoms. The van der Waals surface area contributed by atoms with E-state index < -0.39 is 0 Å². The lowest BCUT2D eigenvalue weighted by Gasteiger charge is -2.01. The molecule has 0 saturated heterocycles. The molecule has 0 N–H and O–H groups in total. The predicted molar refractivity (Wildman–Crippen MR) is 100 cm³/mol. The predicted octanol–water partition coefficient (Wildman–Crippen LogP) is 2.93. The molecule has 5 aromatic rings. The molecule has 5 rings (SSSR count). The number of nitrogens with zero attached hydrogens (tertiary/aromatic N) is 8. The number of benzene rings is 1. The van der Waals surface area contributed by atoms with Gasteiger partial charge in [-0.25, -0.2) is 19.2 Å². The average molecular weight is 409 g/mol. The third-order valence-electron chi connectivity index (χ3n) is 4.38. The highest BCUT2D eigenvalue weighted by molar-refractivity contribution is 9.10. The van der Waals surface area contributed by atoms with Crippen LogP contribution in [0, 0.1) is 6.92 Å². The third kappa shape index (κ3) is 2.10. The van der Waals surface area contributed by atoms with E-state index in [9.17, 15) is 0 Å². The van der Waals surface area contributed by atoms with Crippen LogP contribution in [0.3, 0.4) is 0 Å². The van der Waals surface area contributed by atoms with Gasteiger partial charge in [0.1, 0.15) is 12.0 Å². The van der Waals surface area contributed by atoms with Crippen LogP contribution in [0.25, 0.3) is 33.9 Å². The van der Waals surface area contributed by atoms with Crippen molar-refractivity contribution in [2.75, 3.05) is 0 Å². The molecule has 0 unspecified atom stereocenters. The standard InChI is InChI=1S/C17H13BrN8/c1-10-13(18)14(22-24(10)2)15-21-17-12-8-20-26(11-6-4-3-5-7-11)16(12)19-9-25(17)23-15/h3-9H,1-2H3. The van der Waals surface area contributed by atoms with E-state index in [0.717, 1.165) is 26.9 Å². The van der Waals surface area contributed by atoms with Crippen LogP contribution >= 0.6 is 15.9 Å². The molecule has 128 valence electrons. The number of aromatic nitrogens is 8. The molecule has 9 heteroatoms. The quantitative estimate of drug-likeness (QED) is 0.448. The highest BCUT2D eigenvalue weighted by atomic mass is 79.9. The van der Waals surface area contributed by atoms with Crippen LogP contribution in [0.2, 0.25) is 0 Å². The van der Waals surface area contributed by atoms with Gasteiger partial charge in [-0.2, -0.15) is 10.2 Å². The summed E-state index contributed by atoms with van der Waals surface area (Å²) in [6, 6.07) is 9.88. The summed E-state index contributed by atoms with van der Waals surface area (Å²) in [6.45, 7) is 1.99. The van der Waals surface area contributed by atoms with E-state index in [1.54, 1.807) is 26.4 Å². The Hall–Kier alpha value is -3.07. The van der Waals surface area contributed by atoms with E-state index in [0.29, 0.717) is 17.2 Å². The van der Waals surface area contributed by atoms with Crippen molar-refractivity contribution in [1.82, 2.24) is 39.1 Å². The smallest absolute Gasteiger partial charge is 0.203 e. The molecule has 26 heavy (non-hydrogen) atoms. The molecule has 8 nitrogen and oxygen atoms in total. The lowest BCUT2D eigenvalue weighted by molar-refractivity contribution is 0.740. The van der Waals surface area contributed by atoms with Crippen LogP contribution < -0.4 is 0 Å². The first-order valence-electron chi connectivity index (χ1n) is 7.97. The van der Waals surface area contributed by atoms with Crippen molar-refractivity contribution in [1.29, 1.82) is 0 Å². The first-order chi connectivity index (χ1) is 12.6. The largest absolute Gasteiger partial charge is 0.271 e. The van der Waals surface area contributed by atoms with E-state index in [1.807, 2.05) is 44.3 Å². The minimum atomic E-state index is 0.544. The SMILES string of the molecule is Cc1c(Br)c(-c2nc3c4cnn(-c5ccccc5)c4ncn3n2)nn1C. The normalized spacial score (nSPS) is 11.7. The van der Waals surface area contributed by atoms with Gasteiger partial charge in [0.05, 0.1) is 21.7 Å². The van der Waals surface area contributed by atoms with Gasteiger partial charge >= 0.3 is 0 Å². The molecule has 0 aliphatic carbocycles. The summed E-state index contributed by atoms with van der Waals surface area (Å²) >= 11 is 3.57. The van der Waals surface area contributed by atoms with Crippen molar-refractivity contribution in [3.8, 4) is 17.2 Å². The number of hydrogen-bond acceptors (Lipinski definition) is 5. The van der Waals surface area contributed by atoms with Gasteiger partial charge in [-0.05, 0) is 35.0 Å². The van der Waals surface area contributed by atoms with Crippen molar-refractivity contribution in [2.24, 2.45) is 7.05 Å². The van der Waals surface area contributed by atoms with Crippen molar-refractivity contribution < 1.29 is 0 Å². The van der Waals surface area contributed by atoms with E-state index in [-0.39, 0.29) is 0 Å². The Morgan fingerprint density at radius 1 is 1.04 bits per heavy atom. The fourth-order valence-electron chi connectivity index (χ4n) is 2.90. The van der Waals surface area contributed by atoms with Crippen LogP contribution in [0.15, 0.2) is 47.3 Å². The second kappa shape index (κ2) is 5.46. The molecule has 0 saturated carbocycles. The zero-order chi connectivity index (χ0) is 17.8. The van der Waals surface area contributed by atoms with Crippen molar-refractivity contribution in [2.45, 2.75) is 6.92 Å². The summed E-state index contributed by atoms with van der Waals surface area (Å²) in [5.74, 6) is 0.544. The number of para-hydroxylation sites is 1. The fourth-order valence-corrected chi connectivity index (χ4v) is 3.42. The topological polar surface area (TPSA) is 78.7 Å². The van der Waals surface area contributed by atoms with Gasteiger partial charge in [0.2, 0.25) is 5.82 Å². The zero-order valence-electron chi connectivity index (χ0n) is 14.0. The number of aryl methyl sites for hydroxylation is 1. The Bertz CT molecular complexity index is 1260. The highest BCUT2D eigenvalue weighted by Gasteiger charge is 2.19. The number of hydrogen-bond donors (Lipinski definition) is 0. The summed E-state index contributed by atoms with van der Waals surface area (Å²) in [5, 5.41) is 14.3. The van der Waals surface area contributed by atoms with E-state index >= 15 is 0 Å². The Morgan fingerprint density at radius 3 is 2.58 bits per heavy atom. The minimum absolute atomic E-state index is 0.544. The van der Waals surface area contributed by atoms with Crippen molar-refractivity contribution in [3.05, 3.63) is 53.0 Å². The van der Waals surface area contributed by atoms with Gasteiger partial charge in [0, 0.05) is 12.7 Å². The minimum Gasteiger partial charge on any atom is -0.271 e. The molecule has 0 aliphatic rings. The Kier molecular flexibility index (Phi) is 3.20. The average Bonchev–Trinajstić information content (AvgIpc) is 3.34. The Balaban J connectivity index is 1.73. The summed E-state index contributed by atoms with van der Waals surface area (Å²) < 4.78 is 6.14. The monoisotopic (exact) mass is 408 g/mol. The molecular weight excluding hydrogens is 396 g/mol. The van der Waals surface area contributed by atoms with Crippen LogP contribution in [-0.4, -0.2) is 39.1 Å². The van der Waals surface area contributed by atoms with Gasteiger partial charge in [-0.15, -0.1) is 5.10 Å². The molecule has 0 amide bonds. The summed E-state index contributed by atoms with van der Waals surface area (Å²) in [7, 11) is 1.89. The van der Waals surface area contributed by atoms with Crippen molar-refractivity contribution >= 4 is 32.6 Å². The molecule has 4 aromatic heterocycles. The fraction of sp³-hybridized carbons (Fsp3) is 0.118. The van der Waals surface area contributed by atoms with Crippen LogP contribution in [0.1, 0.15) is 5.69 Å². The second-order valence-corrected chi connectivity index (χ2v) is 6.74. The van der Waals surface area contributed by atoms with E-state index in [2.05, 4.69) is 41.2 Å². The maximum atomic E-state index is 4.69. The van der Waals surface area contributed by atoms with Crippen LogP contribution in [-0.2, 0) is 7.05 Å². The Morgan fingerprint density at radius 2 is 1.85 bits per heavy atom. The molecule has 0 fully saturated rings. The first kappa shape index (κ1) is 15.2. The second-order valence-electron chi connectivity index (χ2n) is 5.95. The molecule has 0 spiro atoms. The Labute approximate surface area is 156 Å². The molecule has 0 aliphatic heterocycles. The van der Waals surface area contributed by atoms with Crippen LogP contribution in [0.5, 0.6) is 0 Å². The van der Waals surface area contributed by atoms with Gasteiger partial charge in [-0.1, -0.05) is 18.2 Å². The molecule has 0 atom stereocenters. The zero-order valence-corrected chi connectivity index (χ0v) is 15.6. The molecular formula is C17H13BrN8. The molecule has 4 heterocycles.